The predicted octanol–water partition coefficient (Wildman–Crippen LogP) is 3.33. The molecule has 0 heterocycles. The van der Waals surface area contributed by atoms with Gasteiger partial charge in [-0.25, -0.2) is 4.79 Å². The quantitative estimate of drug-likeness (QED) is 0.810. The lowest BCUT2D eigenvalue weighted by Crippen LogP contribution is -2.40. The number of anilines is 1. The molecule has 4 nitrogen and oxygen atoms in total. The largest absolute Gasteiger partial charge is 0.384 e. The van der Waals surface area contributed by atoms with Gasteiger partial charge in [-0.3, -0.25) is 0 Å². The van der Waals surface area contributed by atoms with Gasteiger partial charge in [0.15, 0.2) is 0 Å². The molecule has 3 N–H and O–H groups in total. The van der Waals surface area contributed by atoms with Crippen molar-refractivity contribution in [3.05, 3.63) is 65.2 Å². The van der Waals surface area contributed by atoms with Gasteiger partial charge in [-0.2, -0.15) is 0 Å². The van der Waals surface area contributed by atoms with Crippen LogP contribution in [0.5, 0.6) is 0 Å². The van der Waals surface area contributed by atoms with E-state index in [4.69, 9.17) is 0 Å². The highest BCUT2D eigenvalue weighted by molar-refractivity contribution is 5.89. The molecule has 1 unspecified atom stereocenters. The van der Waals surface area contributed by atoms with Gasteiger partial charge >= 0.3 is 6.03 Å². The van der Waals surface area contributed by atoms with Crippen LogP contribution in [0.15, 0.2) is 48.5 Å². The lowest BCUT2D eigenvalue weighted by molar-refractivity contribution is 0.0599. The van der Waals surface area contributed by atoms with E-state index < -0.39 is 5.60 Å². The topological polar surface area (TPSA) is 61.4 Å². The number of aliphatic hydroxyl groups is 1. The van der Waals surface area contributed by atoms with Crippen molar-refractivity contribution >= 4 is 11.7 Å². The van der Waals surface area contributed by atoms with Gasteiger partial charge in [-0.1, -0.05) is 36.4 Å². The maximum Gasteiger partial charge on any atom is 0.319 e. The number of amides is 2. The number of rotatable bonds is 4. The van der Waals surface area contributed by atoms with Crippen LogP contribution in [0.25, 0.3) is 0 Å². The normalized spacial score (nSPS) is 13.3. The third kappa shape index (κ3) is 4.09. The van der Waals surface area contributed by atoms with Crippen LogP contribution in [-0.4, -0.2) is 17.7 Å². The number of carbonyl (C=O) groups is 1. The first kappa shape index (κ1) is 16.0. The van der Waals surface area contributed by atoms with Crippen molar-refractivity contribution in [3.8, 4) is 0 Å². The molecule has 0 aliphatic heterocycles. The summed E-state index contributed by atoms with van der Waals surface area (Å²) in [4.78, 5) is 12.0. The summed E-state index contributed by atoms with van der Waals surface area (Å²) >= 11 is 0. The number of benzene rings is 2. The van der Waals surface area contributed by atoms with Crippen LogP contribution in [0, 0.1) is 13.8 Å². The average Bonchev–Trinajstić information content (AvgIpc) is 2.50. The Morgan fingerprint density at radius 2 is 1.77 bits per heavy atom. The highest BCUT2D eigenvalue weighted by Gasteiger charge is 2.23. The van der Waals surface area contributed by atoms with Crippen LogP contribution in [0.4, 0.5) is 10.5 Å². The summed E-state index contributed by atoms with van der Waals surface area (Å²) in [5.74, 6) is 0. The Labute approximate surface area is 131 Å². The fourth-order valence-electron chi connectivity index (χ4n) is 2.15. The first-order valence-corrected chi connectivity index (χ1v) is 7.28. The van der Waals surface area contributed by atoms with Gasteiger partial charge in [0.25, 0.3) is 0 Å². The van der Waals surface area contributed by atoms with E-state index in [9.17, 15) is 9.90 Å². The molecule has 0 bridgehead atoms. The summed E-state index contributed by atoms with van der Waals surface area (Å²) in [5, 5.41) is 15.9. The number of urea groups is 1. The van der Waals surface area contributed by atoms with Crippen molar-refractivity contribution in [1.82, 2.24) is 5.32 Å². The summed E-state index contributed by atoms with van der Waals surface area (Å²) in [5.41, 5.74) is 2.69. The van der Waals surface area contributed by atoms with E-state index in [2.05, 4.69) is 10.6 Å². The zero-order valence-electron chi connectivity index (χ0n) is 13.2. The molecule has 1 atom stereocenters. The molecule has 0 fully saturated rings. The zero-order valence-corrected chi connectivity index (χ0v) is 13.2. The summed E-state index contributed by atoms with van der Waals surface area (Å²) in [7, 11) is 0. The molecular formula is C18H22N2O2. The Kier molecular flexibility index (Phi) is 4.83. The number of nitrogens with one attached hydrogen (secondary N) is 2. The predicted molar refractivity (Wildman–Crippen MR) is 89.0 cm³/mol. The molecule has 0 saturated carbocycles. The molecule has 0 radical (unpaired) electrons. The third-order valence-corrected chi connectivity index (χ3v) is 3.75. The summed E-state index contributed by atoms with van der Waals surface area (Å²) in [6.45, 7) is 5.83. The van der Waals surface area contributed by atoms with Gasteiger partial charge in [0, 0.05) is 5.69 Å². The van der Waals surface area contributed by atoms with E-state index >= 15 is 0 Å². The summed E-state index contributed by atoms with van der Waals surface area (Å²) in [6, 6.07) is 14.7. The number of hydrogen-bond donors (Lipinski definition) is 3. The SMILES string of the molecule is Cc1ccc(NC(=O)NCC(C)(O)c2ccccc2)cc1C. The van der Waals surface area contributed by atoms with Crippen LogP contribution in [-0.2, 0) is 5.60 Å². The molecule has 0 aromatic heterocycles. The molecule has 22 heavy (non-hydrogen) atoms. The smallest absolute Gasteiger partial charge is 0.319 e. The monoisotopic (exact) mass is 298 g/mol. The van der Waals surface area contributed by atoms with Crippen molar-refractivity contribution in [2.24, 2.45) is 0 Å². The van der Waals surface area contributed by atoms with Crippen LogP contribution in [0.2, 0.25) is 0 Å². The van der Waals surface area contributed by atoms with Crippen LogP contribution in [0.1, 0.15) is 23.6 Å². The Morgan fingerprint density at radius 1 is 1.09 bits per heavy atom. The molecule has 0 aliphatic rings. The van der Waals surface area contributed by atoms with Crippen LogP contribution < -0.4 is 10.6 Å². The molecule has 0 aliphatic carbocycles. The minimum Gasteiger partial charge on any atom is -0.384 e. The van der Waals surface area contributed by atoms with Crippen molar-refractivity contribution in [1.29, 1.82) is 0 Å². The zero-order chi connectivity index (χ0) is 16.2. The Bertz CT molecular complexity index is 651. The Balaban J connectivity index is 1.93. The van der Waals surface area contributed by atoms with Crippen molar-refractivity contribution in [2.75, 3.05) is 11.9 Å². The molecule has 2 aromatic rings. The van der Waals surface area contributed by atoms with Gasteiger partial charge in [-0.15, -0.1) is 0 Å². The van der Waals surface area contributed by atoms with Crippen molar-refractivity contribution < 1.29 is 9.90 Å². The van der Waals surface area contributed by atoms with Crippen molar-refractivity contribution in [3.63, 3.8) is 0 Å². The number of aryl methyl sites for hydroxylation is 2. The lowest BCUT2D eigenvalue weighted by Gasteiger charge is -2.24. The van der Waals surface area contributed by atoms with Gasteiger partial charge < -0.3 is 15.7 Å². The second kappa shape index (κ2) is 6.62. The third-order valence-electron chi connectivity index (χ3n) is 3.75. The van der Waals surface area contributed by atoms with Crippen LogP contribution >= 0.6 is 0 Å². The van der Waals surface area contributed by atoms with E-state index in [0.29, 0.717) is 0 Å². The van der Waals surface area contributed by atoms with E-state index in [-0.39, 0.29) is 12.6 Å². The average molecular weight is 298 g/mol. The number of carbonyl (C=O) groups excluding carboxylic acids is 1. The van der Waals surface area contributed by atoms with Crippen LogP contribution in [0.3, 0.4) is 0 Å². The van der Waals surface area contributed by atoms with E-state index in [0.717, 1.165) is 16.8 Å². The first-order chi connectivity index (χ1) is 10.4. The highest BCUT2D eigenvalue weighted by atomic mass is 16.3. The van der Waals surface area contributed by atoms with E-state index in [1.54, 1.807) is 6.92 Å². The summed E-state index contributed by atoms with van der Waals surface area (Å²) in [6.07, 6.45) is 0. The minimum atomic E-state index is -1.11. The van der Waals surface area contributed by atoms with E-state index in [1.165, 1.54) is 5.56 Å². The van der Waals surface area contributed by atoms with Crippen molar-refractivity contribution in [2.45, 2.75) is 26.4 Å². The second-order valence-electron chi connectivity index (χ2n) is 5.75. The number of hydrogen-bond acceptors (Lipinski definition) is 2. The molecule has 2 amide bonds. The van der Waals surface area contributed by atoms with E-state index in [1.807, 2.05) is 62.4 Å². The molecule has 0 spiro atoms. The molecule has 0 saturated heterocycles. The molecule has 4 heteroatoms. The van der Waals surface area contributed by atoms with Gasteiger partial charge in [0.1, 0.15) is 5.60 Å². The maximum atomic E-state index is 12.0. The fraction of sp³-hybridized carbons (Fsp3) is 0.278. The summed E-state index contributed by atoms with van der Waals surface area (Å²) < 4.78 is 0. The fourth-order valence-corrected chi connectivity index (χ4v) is 2.15. The minimum absolute atomic E-state index is 0.133. The second-order valence-corrected chi connectivity index (χ2v) is 5.75. The molecule has 116 valence electrons. The first-order valence-electron chi connectivity index (χ1n) is 7.28. The molecular weight excluding hydrogens is 276 g/mol. The Morgan fingerprint density at radius 3 is 2.41 bits per heavy atom. The molecule has 2 rings (SSSR count). The molecule has 2 aromatic carbocycles. The van der Waals surface area contributed by atoms with Gasteiger partial charge in [-0.05, 0) is 49.6 Å². The lowest BCUT2D eigenvalue weighted by atomic mass is 9.96. The van der Waals surface area contributed by atoms with Gasteiger partial charge in [0.05, 0.1) is 6.54 Å². The highest BCUT2D eigenvalue weighted by Crippen LogP contribution is 2.19. The Hall–Kier alpha value is -2.33. The van der Waals surface area contributed by atoms with Gasteiger partial charge in [0.2, 0.25) is 0 Å². The maximum absolute atomic E-state index is 12.0. The standard InChI is InChI=1S/C18H22N2O2/c1-13-9-10-16(11-14(13)2)20-17(21)19-12-18(3,22)15-7-5-4-6-8-15/h4-11,22H,12H2,1-3H3,(H2,19,20,21).